The first-order chi connectivity index (χ1) is 12.0. The third kappa shape index (κ3) is 4.66. The molecule has 0 saturated heterocycles. The number of amides is 1. The molecule has 1 atom stereocenters. The minimum atomic E-state index is -0.345. The maximum absolute atomic E-state index is 12.3. The first-order valence-electron chi connectivity index (χ1n) is 7.27. The van der Waals surface area contributed by atoms with E-state index in [0.717, 1.165) is 10.0 Å². The average Bonchev–Trinajstić information content (AvgIpc) is 2.98. The minimum Gasteiger partial charge on any atom is -0.310 e. The first-order valence-corrected chi connectivity index (χ1v) is 9.76. The van der Waals surface area contributed by atoms with Crippen LogP contribution in [0.25, 0.3) is 5.69 Å². The van der Waals surface area contributed by atoms with Crippen molar-refractivity contribution in [2.75, 3.05) is 5.32 Å². The van der Waals surface area contributed by atoms with Crippen molar-refractivity contribution in [2.24, 2.45) is 0 Å². The number of thioether (sulfide) groups is 1. The van der Waals surface area contributed by atoms with Crippen molar-refractivity contribution in [3.8, 4) is 5.69 Å². The van der Waals surface area contributed by atoms with Gasteiger partial charge in [0.1, 0.15) is 5.82 Å². The molecule has 0 aliphatic heterocycles. The van der Waals surface area contributed by atoms with E-state index >= 15 is 0 Å². The van der Waals surface area contributed by atoms with Crippen molar-refractivity contribution in [1.29, 1.82) is 0 Å². The molecule has 0 aliphatic carbocycles. The lowest BCUT2D eigenvalue weighted by atomic mass is 10.3. The van der Waals surface area contributed by atoms with Crippen LogP contribution in [0.4, 0.5) is 5.82 Å². The van der Waals surface area contributed by atoms with Crippen LogP contribution in [0.5, 0.6) is 0 Å². The van der Waals surface area contributed by atoms with Crippen LogP contribution in [0.1, 0.15) is 6.92 Å². The largest absolute Gasteiger partial charge is 0.310 e. The van der Waals surface area contributed by atoms with Crippen LogP contribution in [-0.2, 0) is 4.79 Å². The molecule has 2 aromatic heterocycles. The van der Waals surface area contributed by atoms with Gasteiger partial charge in [0.15, 0.2) is 8.29 Å². The molecule has 128 valence electrons. The second kappa shape index (κ2) is 8.09. The summed E-state index contributed by atoms with van der Waals surface area (Å²) in [4.78, 5) is 16.4. The van der Waals surface area contributed by atoms with E-state index < -0.39 is 0 Å². The van der Waals surface area contributed by atoms with Crippen molar-refractivity contribution in [3.05, 3.63) is 57.6 Å². The minimum absolute atomic E-state index is 0.160. The third-order valence-corrected chi connectivity index (χ3v) is 5.80. The summed E-state index contributed by atoms with van der Waals surface area (Å²) >= 11 is 13.9. The first kappa shape index (κ1) is 18.1. The molecule has 3 rings (SSSR count). The van der Waals surface area contributed by atoms with E-state index in [4.69, 9.17) is 23.8 Å². The molecule has 2 heterocycles. The van der Waals surface area contributed by atoms with E-state index in [1.165, 1.54) is 29.3 Å². The third-order valence-electron chi connectivity index (χ3n) is 3.16. The molecule has 0 saturated carbocycles. The Kier molecular flexibility index (Phi) is 5.85. The molecule has 5 nitrogen and oxygen atoms in total. The monoisotopic (exact) mass is 408 g/mol. The van der Waals surface area contributed by atoms with Crippen LogP contribution in [0.15, 0.2) is 53.0 Å². The molecule has 9 heteroatoms. The van der Waals surface area contributed by atoms with E-state index in [1.807, 2.05) is 37.3 Å². The summed E-state index contributed by atoms with van der Waals surface area (Å²) in [6.45, 7) is 1.81. The number of para-hydroxylation sites is 1. The fourth-order valence-electron chi connectivity index (χ4n) is 1.92. The quantitative estimate of drug-likeness (QED) is 0.484. The molecule has 0 aliphatic rings. The van der Waals surface area contributed by atoms with Crippen LogP contribution < -0.4 is 5.32 Å². The molecule has 0 spiro atoms. The predicted molar refractivity (Wildman–Crippen MR) is 105 cm³/mol. The predicted octanol–water partition coefficient (Wildman–Crippen LogP) is 4.83. The number of halogens is 1. The van der Waals surface area contributed by atoms with E-state index in [-0.39, 0.29) is 11.2 Å². The maximum Gasteiger partial charge on any atom is 0.238 e. The van der Waals surface area contributed by atoms with Gasteiger partial charge in [-0.2, -0.15) is 0 Å². The second-order valence-electron chi connectivity index (χ2n) is 4.99. The van der Waals surface area contributed by atoms with Gasteiger partial charge in [0, 0.05) is 6.20 Å². The summed E-state index contributed by atoms with van der Waals surface area (Å²) in [7, 11) is 0. The number of nitrogens with zero attached hydrogens (tertiary/aromatic N) is 3. The van der Waals surface area contributed by atoms with Gasteiger partial charge in [-0.3, -0.25) is 4.79 Å². The van der Waals surface area contributed by atoms with Gasteiger partial charge in [-0.1, -0.05) is 52.9 Å². The zero-order valence-electron chi connectivity index (χ0n) is 13.0. The normalized spacial score (nSPS) is 11.9. The highest BCUT2D eigenvalue weighted by molar-refractivity contribution is 8.02. The highest BCUT2D eigenvalue weighted by atomic mass is 35.5. The van der Waals surface area contributed by atoms with E-state index in [1.54, 1.807) is 16.8 Å². The highest BCUT2D eigenvalue weighted by Crippen LogP contribution is 2.28. The molecule has 0 bridgehead atoms. The summed E-state index contributed by atoms with van der Waals surface area (Å²) in [6, 6.07) is 13.0. The van der Waals surface area contributed by atoms with Crippen LogP contribution in [0, 0.1) is 3.95 Å². The van der Waals surface area contributed by atoms with Crippen molar-refractivity contribution < 1.29 is 4.79 Å². The second-order valence-corrected chi connectivity index (χ2v) is 8.64. The van der Waals surface area contributed by atoms with Crippen molar-refractivity contribution in [3.63, 3.8) is 0 Å². The molecule has 25 heavy (non-hydrogen) atoms. The molecule has 1 amide bonds. The number of aromatic nitrogens is 3. The Labute approximate surface area is 163 Å². The summed E-state index contributed by atoms with van der Waals surface area (Å²) in [5, 5.41) is 7.43. The molecule has 1 N–H and O–H groups in total. The number of nitrogens with one attached hydrogen (secondary N) is 1. The van der Waals surface area contributed by atoms with Crippen molar-refractivity contribution >= 4 is 58.6 Å². The Balaban J connectivity index is 1.68. The zero-order valence-corrected chi connectivity index (χ0v) is 16.3. The number of anilines is 1. The lowest BCUT2D eigenvalue weighted by Crippen LogP contribution is -2.22. The van der Waals surface area contributed by atoms with Crippen LogP contribution in [0.3, 0.4) is 0 Å². The van der Waals surface area contributed by atoms with Crippen molar-refractivity contribution in [2.45, 2.75) is 16.5 Å². The number of hydrogen-bond donors (Lipinski definition) is 1. The van der Waals surface area contributed by atoms with Gasteiger partial charge >= 0.3 is 0 Å². The Bertz CT molecular complexity index is 925. The molecule has 1 aromatic carbocycles. The van der Waals surface area contributed by atoms with Gasteiger partial charge in [0.05, 0.1) is 16.0 Å². The molecule has 0 fully saturated rings. The topological polar surface area (TPSA) is 59.8 Å². The average molecular weight is 409 g/mol. The molecular formula is C16H13ClN4OS3. The van der Waals surface area contributed by atoms with Gasteiger partial charge in [0.25, 0.3) is 0 Å². The fourth-order valence-corrected chi connectivity index (χ4v) is 4.54. The summed E-state index contributed by atoms with van der Waals surface area (Å²) in [5.41, 5.74) is 0.901. The van der Waals surface area contributed by atoms with E-state index in [0.29, 0.717) is 14.8 Å². The summed E-state index contributed by atoms with van der Waals surface area (Å²) in [5.74, 6) is 0.302. The van der Waals surface area contributed by atoms with Gasteiger partial charge < -0.3 is 5.32 Å². The lowest BCUT2D eigenvalue weighted by molar-refractivity contribution is -0.115. The number of pyridine rings is 1. The molecule has 0 unspecified atom stereocenters. The zero-order chi connectivity index (χ0) is 17.8. The lowest BCUT2D eigenvalue weighted by Gasteiger charge is -2.09. The van der Waals surface area contributed by atoms with Gasteiger partial charge in [-0.25, -0.2) is 9.67 Å². The maximum atomic E-state index is 12.3. The standard InChI is InChI=1S/C16H13ClN4OS3/c1-10(14(22)19-13-8-7-11(17)9-18-13)24-15-20-21(16(23)25-15)12-5-3-2-4-6-12/h2-10H,1H3,(H,18,19,22)/t10-/m1/s1. The van der Waals surface area contributed by atoms with Crippen molar-refractivity contribution in [1.82, 2.24) is 14.8 Å². The Morgan fingerprint density at radius 3 is 2.76 bits per heavy atom. The number of carbonyl (C=O) groups is 1. The Morgan fingerprint density at radius 1 is 1.32 bits per heavy atom. The molecule has 0 radical (unpaired) electrons. The number of carbonyl (C=O) groups excluding carboxylic acids is 1. The Morgan fingerprint density at radius 2 is 2.08 bits per heavy atom. The summed E-state index contributed by atoms with van der Waals surface area (Å²) in [6.07, 6.45) is 1.49. The van der Waals surface area contributed by atoms with Gasteiger partial charge in [0.2, 0.25) is 5.91 Å². The van der Waals surface area contributed by atoms with Gasteiger partial charge in [-0.15, -0.1) is 5.10 Å². The molecule has 3 aromatic rings. The highest BCUT2D eigenvalue weighted by Gasteiger charge is 2.18. The summed E-state index contributed by atoms with van der Waals surface area (Å²) < 4.78 is 3.08. The SMILES string of the molecule is C[C@@H](Sc1nn(-c2ccccc2)c(=S)s1)C(=O)Nc1ccc(Cl)cn1. The smallest absolute Gasteiger partial charge is 0.238 e. The van der Waals surface area contributed by atoms with Crippen LogP contribution >= 0.6 is 46.9 Å². The fraction of sp³-hybridized carbons (Fsp3) is 0.125. The van der Waals surface area contributed by atoms with E-state index in [2.05, 4.69) is 15.4 Å². The Hall–Kier alpha value is -1.74. The van der Waals surface area contributed by atoms with Crippen LogP contribution in [-0.4, -0.2) is 25.9 Å². The number of rotatable bonds is 5. The van der Waals surface area contributed by atoms with Crippen LogP contribution in [0.2, 0.25) is 5.02 Å². The number of benzene rings is 1. The number of hydrogen-bond acceptors (Lipinski definition) is 6. The van der Waals surface area contributed by atoms with E-state index in [9.17, 15) is 4.79 Å². The van der Waals surface area contributed by atoms with Gasteiger partial charge in [-0.05, 0) is 43.4 Å². The molecular weight excluding hydrogens is 396 g/mol.